The number of aliphatic hydroxyl groups excluding tert-OH is 1. The molecule has 0 amide bonds. The van der Waals surface area contributed by atoms with E-state index in [0.29, 0.717) is 5.76 Å². The van der Waals surface area contributed by atoms with Crippen molar-refractivity contribution < 1.29 is 9.52 Å². The molecule has 1 N–H and O–H groups in total. The van der Waals surface area contributed by atoms with Gasteiger partial charge in [-0.3, -0.25) is 0 Å². The van der Waals surface area contributed by atoms with Crippen molar-refractivity contribution in [2.45, 2.75) is 32.8 Å². The third-order valence-electron chi connectivity index (χ3n) is 2.61. The van der Waals surface area contributed by atoms with Crippen LogP contribution in [0.5, 0.6) is 0 Å². The predicted octanol–water partition coefficient (Wildman–Crippen LogP) is 3.27. The van der Waals surface area contributed by atoms with Gasteiger partial charge in [-0.05, 0) is 36.6 Å². The lowest BCUT2D eigenvalue weighted by Gasteiger charge is -1.98. The van der Waals surface area contributed by atoms with E-state index in [1.807, 2.05) is 12.1 Å². The third kappa shape index (κ3) is 2.21. The Kier molecular flexibility index (Phi) is 3.07. The minimum atomic E-state index is -0.0288. The van der Waals surface area contributed by atoms with Gasteiger partial charge in [-0.1, -0.05) is 19.4 Å². The van der Waals surface area contributed by atoms with E-state index in [9.17, 15) is 0 Å². The third-order valence-corrected chi connectivity index (χ3v) is 2.61. The second kappa shape index (κ2) is 4.49. The van der Waals surface area contributed by atoms with Gasteiger partial charge in [0.25, 0.3) is 0 Å². The number of benzene rings is 1. The van der Waals surface area contributed by atoms with Crippen molar-refractivity contribution in [1.82, 2.24) is 0 Å². The summed E-state index contributed by atoms with van der Waals surface area (Å²) in [5, 5.41) is 10.0. The van der Waals surface area contributed by atoms with Crippen molar-refractivity contribution in [2.24, 2.45) is 0 Å². The van der Waals surface area contributed by atoms with E-state index in [1.165, 1.54) is 18.4 Å². The largest absolute Gasteiger partial charge is 0.459 e. The number of aryl methyl sites for hydroxylation is 1. The molecule has 1 aromatic carbocycles. The molecule has 0 unspecified atom stereocenters. The first-order chi connectivity index (χ1) is 7.33. The van der Waals surface area contributed by atoms with Crippen LogP contribution >= 0.6 is 0 Å². The van der Waals surface area contributed by atoms with Crippen molar-refractivity contribution >= 4 is 11.0 Å². The highest BCUT2D eigenvalue weighted by molar-refractivity contribution is 5.78. The molecular formula is C13H16O2. The molecule has 0 saturated carbocycles. The predicted molar refractivity (Wildman–Crippen MR) is 60.7 cm³/mol. The van der Waals surface area contributed by atoms with Crippen LogP contribution in [-0.4, -0.2) is 5.11 Å². The van der Waals surface area contributed by atoms with Gasteiger partial charge >= 0.3 is 0 Å². The molecule has 0 radical (unpaired) electrons. The van der Waals surface area contributed by atoms with Gasteiger partial charge in [-0.15, -0.1) is 0 Å². The average molecular weight is 204 g/mol. The monoisotopic (exact) mass is 204 g/mol. The van der Waals surface area contributed by atoms with Crippen molar-refractivity contribution in [3.05, 3.63) is 35.6 Å². The standard InChI is InChI=1S/C13H16O2/c1-2-3-4-10-5-6-13-11(7-10)8-12(9-14)15-13/h5-8,14H,2-4,9H2,1H3. The highest BCUT2D eigenvalue weighted by atomic mass is 16.4. The fourth-order valence-corrected chi connectivity index (χ4v) is 1.76. The molecule has 0 atom stereocenters. The summed E-state index contributed by atoms with van der Waals surface area (Å²) in [5.41, 5.74) is 2.20. The van der Waals surface area contributed by atoms with E-state index in [2.05, 4.69) is 19.1 Å². The van der Waals surface area contributed by atoms with Gasteiger partial charge in [-0.2, -0.15) is 0 Å². The molecule has 0 saturated heterocycles. The summed E-state index contributed by atoms with van der Waals surface area (Å²) in [7, 11) is 0. The first-order valence-corrected chi connectivity index (χ1v) is 5.45. The molecule has 2 heteroatoms. The molecule has 80 valence electrons. The molecule has 0 spiro atoms. The van der Waals surface area contributed by atoms with Gasteiger partial charge in [0.1, 0.15) is 18.0 Å². The molecule has 2 rings (SSSR count). The smallest absolute Gasteiger partial charge is 0.134 e. The summed E-state index contributed by atoms with van der Waals surface area (Å²) >= 11 is 0. The molecule has 0 aliphatic rings. The van der Waals surface area contributed by atoms with Crippen LogP contribution in [0, 0.1) is 0 Å². The van der Waals surface area contributed by atoms with E-state index in [1.54, 1.807) is 0 Å². The van der Waals surface area contributed by atoms with Gasteiger partial charge in [0.15, 0.2) is 0 Å². The molecule has 1 heterocycles. The Morgan fingerprint density at radius 2 is 2.13 bits per heavy atom. The second-order valence-corrected chi connectivity index (χ2v) is 3.85. The maximum atomic E-state index is 8.96. The van der Waals surface area contributed by atoms with Gasteiger partial charge in [0.2, 0.25) is 0 Å². The maximum Gasteiger partial charge on any atom is 0.134 e. The first kappa shape index (κ1) is 10.2. The highest BCUT2D eigenvalue weighted by Gasteiger charge is 2.03. The number of furan rings is 1. The minimum Gasteiger partial charge on any atom is -0.459 e. The topological polar surface area (TPSA) is 33.4 Å². The lowest BCUT2D eigenvalue weighted by molar-refractivity contribution is 0.251. The van der Waals surface area contributed by atoms with Crippen LogP contribution in [0.4, 0.5) is 0 Å². The van der Waals surface area contributed by atoms with Crippen LogP contribution in [0.15, 0.2) is 28.7 Å². The normalized spacial score (nSPS) is 11.1. The Labute approximate surface area is 89.5 Å². The summed E-state index contributed by atoms with van der Waals surface area (Å²) in [5.74, 6) is 0.637. The van der Waals surface area contributed by atoms with E-state index in [0.717, 1.165) is 17.4 Å². The lowest BCUT2D eigenvalue weighted by atomic mass is 10.1. The molecule has 2 nitrogen and oxygen atoms in total. The van der Waals surface area contributed by atoms with Gasteiger partial charge in [-0.25, -0.2) is 0 Å². The number of aliphatic hydroxyl groups is 1. The van der Waals surface area contributed by atoms with Crippen LogP contribution < -0.4 is 0 Å². The van der Waals surface area contributed by atoms with Gasteiger partial charge < -0.3 is 9.52 Å². The number of rotatable bonds is 4. The number of unbranched alkanes of at least 4 members (excludes halogenated alkanes) is 1. The van der Waals surface area contributed by atoms with Crippen LogP contribution in [0.2, 0.25) is 0 Å². The molecule has 0 bridgehead atoms. The number of hydrogen-bond acceptors (Lipinski definition) is 2. The Balaban J connectivity index is 2.29. The Hall–Kier alpha value is -1.28. The first-order valence-electron chi connectivity index (χ1n) is 5.45. The fraction of sp³-hybridized carbons (Fsp3) is 0.385. The Morgan fingerprint density at radius 1 is 1.27 bits per heavy atom. The minimum absolute atomic E-state index is 0.0288. The van der Waals surface area contributed by atoms with Crippen LogP contribution in [-0.2, 0) is 13.0 Å². The van der Waals surface area contributed by atoms with E-state index in [-0.39, 0.29) is 6.61 Å². The maximum absolute atomic E-state index is 8.96. The van der Waals surface area contributed by atoms with Gasteiger partial charge in [0, 0.05) is 5.39 Å². The van der Waals surface area contributed by atoms with Crippen molar-refractivity contribution in [1.29, 1.82) is 0 Å². The zero-order valence-electron chi connectivity index (χ0n) is 8.99. The second-order valence-electron chi connectivity index (χ2n) is 3.85. The number of fused-ring (bicyclic) bond motifs is 1. The van der Waals surface area contributed by atoms with Crippen molar-refractivity contribution in [2.75, 3.05) is 0 Å². The van der Waals surface area contributed by atoms with Gasteiger partial charge in [0.05, 0.1) is 0 Å². The number of hydrogen-bond donors (Lipinski definition) is 1. The lowest BCUT2D eigenvalue weighted by Crippen LogP contribution is -1.82. The van der Waals surface area contributed by atoms with Crippen LogP contribution in [0.25, 0.3) is 11.0 Å². The average Bonchev–Trinajstić information content (AvgIpc) is 2.68. The van der Waals surface area contributed by atoms with Crippen molar-refractivity contribution in [3.63, 3.8) is 0 Å². The fourth-order valence-electron chi connectivity index (χ4n) is 1.76. The SMILES string of the molecule is CCCCc1ccc2oc(CO)cc2c1. The Bertz CT molecular complexity index is 443. The Morgan fingerprint density at radius 3 is 2.87 bits per heavy atom. The highest BCUT2D eigenvalue weighted by Crippen LogP contribution is 2.21. The quantitative estimate of drug-likeness (QED) is 0.829. The molecule has 15 heavy (non-hydrogen) atoms. The molecular weight excluding hydrogens is 188 g/mol. The summed E-state index contributed by atoms with van der Waals surface area (Å²) in [4.78, 5) is 0. The summed E-state index contributed by atoms with van der Waals surface area (Å²) in [6, 6.07) is 8.14. The molecule has 0 aliphatic heterocycles. The van der Waals surface area contributed by atoms with Crippen molar-refractivity contribution in [3.8, 4) is 0 Å². The summed E-state index contributed by atoms with van der Waals surface area (Å²) < 4.78 is 5.43. The molecule has 2 aromatic rings. The van der Waals surface area contributed by atoms with Crippen LogP contribution in [0.3, 0.4) is 0 Å². The summed E-state index contributed by atoms with van der Waals surface area (Å²) in [6.07, 6.45) is 3.55. The van der Waals surface area contributed by atoms with E-state index >= 15 is 0 Å². The molecule has 0 fully saturated rings. The zero-order chi connectivity index (χ0) is 10.7. The summed E-state index contributed by atoms with van der Waals surface area (Å²) in [6.45, 7) is 2.17. The zero-order valence-corrected chi connectivity index (χ0v) is 8.99. The van der Waals surface area contributed by atoms with Crippen LogP contribution in [0.1, 0.15) is 31.1 Å². The molecule has 0 aliphatic carbocycles. The van der Waals surface area contributed by atoms with E-state index in [4.69, 9.17) is 9.52 Å². The molecule has 1 aromatic heterocycles. The van der Waals surface area contributed by atoms with E-state index < -0.39 is 0 Å².